The third-order valence-corrected chi connectivity index (χ3v) is 8.18. The average Bonchev–Trinajstić information content (AvgIpc) is 2.97. The Kier molecular flexibility index (Phi) is 8.47. The van der Waals surface area contributed by atoms with Gasteiger partial charge in [-0.25, -0.2) is 4.79 Å². The summed E-state index contributed by atoms with van der Waals surface area (Å²) in [4.78, 5) is 39.1. The molecule has 2 amide bonds. The topological polar surface area (TPSA) is 95.5 Å². The zero-order valence-electron chi connectivity index (χ0n) is 21.0. The molecule has 0 spiro atoms. The summed E-state index contributed by atoms with van der Waals surface area (Å²) < 4.78 is 1.08. The van der Waals surface area contributed by atoms with Crippen molar-refractivity contribution in [2.24, 2.45) is 0 Å². The van der Waals surface area contributed by atoms with Gasteiger partial charge in [-0.3, -0.25) is 9.59 Å². The number of thioether (sulfide) groups is 1. The van der Waals surface area contributed by atoms with Crippen molar-refractivity contribution in [3.05, 3.63) is 136 Å². The predicted octanol–water partition coefficient (Wildman–Crippen LogP) is 7.87. The Bertz CT molecular complexity index is 1690. The quantitative estimate of drug-likeness (QED) is 0.117. The first kappa shape index (κ1) is 27.4. The van der Waals surface area contributed by atoms with Crippen molar-refractivity contribution in [2.45, 2.75) is 10.1 Å². The van der Waals surface area contributed by atoms with Gasteiger partial charge in [-0.05, 0) is 94.2 Å². The number of fused-ring (bicyclic) bond motifs is 1. The van der Waals surface area contributed by atoms with Gasteiger partial charge in [-0.1, -0.05) is 54.6 Å². The molecule has 5 aromatic rings. The summed E-state index contributed by atoms with van der Waals surface area (Å²) in [7, 11) is 0. The lowest BCUT2D eigenvalue weighted by Gasteiger charge is -2.17. The lowest BCUT2D eigenvalue weighted by Crippen LogP contribution is -2.19. The Hall–Kier alpha value is -4.15. The fraction of sp³-hybridized carbons (Fsp3) is 0.0312. The molecule has 198 valence electrons. The van der Waals surface area contributed by atoms with E-state index in [0.29, 0.717) is 16.5 Å². The normalized spacial score (nSPS) is 11.5. The lowest BCUT2D eigenvalue weighted by atomic mass is 9.98. The molecule has 0 heterocycles. The minimum Gasteiger partial charge on any atom is -0.478 e. The van der Waals surface area contributed by atoms with Crippen LogP contribution in [0.3, 0.4) is 0 Å². The van der Waals surface area contributed by atoms with Crippen molar-refractivity contribution in [1.29, 1.82) is 0 Å². The van der Waals surface area contributed by atoms with Crippen LogP contribution < -0.4 is 10.6 Å². The van der Waals surface area contributed by atoms with E-state index in [4.69, 9.17) is 0 Å². The molecular weight excluding hydrogens is 635 g/mol. The van der Waals surface area contributed by atoms with E-state index >= 15 is 0 Å². The second-order valence-electron chi connectivity index (χ2n) is 8.90. The minimum absolute atomic E-state index is 0.0745. The zero-order valence-corrected chi connectivity index (χ0v) is 24.0. The van der Waals surface area contributed by atoms with Gasteiger partial charge in [0, 0.05) is 30.8 Å². The van der Waals surface area contributed by atoms with Crippen molar-refractivity contribution in [3.8, 4) is 0 Å². The maximum Gasteiger partial charge on any atom is 0.336 e. The summed E-state index contributed by atoms with van der Waals surface area (Å²) in [6.45, 7) is 0. The molecule has 0 aliphatic rings. The number of carbonyl (C=O) groups excluding carboxylic acids is 2. The molecule has 0 bridgehead atoms. The van der Waals surface area contributed by atoms with Gasteiger partial charge in [0.1, 0.15) is 5.25 Å². The van der Waals surface area contributed by atoms with Crippen LogP contribution in [0.1, 0.15) is 31.5 Å². The van der Waals surface area contributed by atoms with Crippen LogP contribution in [0.15, 0.2) is 120 Å². The Morgan fingerprint density at radius 2 is 1.27 bits per heavy atom. The highest BCUT2D eigenvalue weighted by Crippen LogP contribution is 2.37. The van der Waals surface area contributed by atoms with E-state index in [0.717, 1.165) is 19.7 Å². The first-order valence-corrected chi connectivity index (χ1v) is 14.3. The summed E-state index contributed by atoms with van der Waals surface area (Å²) in [5.41, 5.74) is 2.51. The van der Waals surface area contributed by atoms with Gasteiger partial charge >= 0.3 is 5.97 Å². The van der Waals surface area contributed by atoms with Crippen molar-refractivity contribution in [1.82, 2.24) is 0 Å². The fourth-order valence-corrected chi connectivity index (χ4v) is 5.69. The smallest absolute Gasteiger partial charge is 0.336 e. The Balaban J connectivity index is 1.34. The van der Waals surface area contributed by atoms with E-state index in [1.165, 1.54) is 17.8 Å². The number of carbonyl (C=O) groups is 3. The molecule has 5 rings (SSSR count). The summed E-state index contributed by atoms with van der Waals surface area (Å²) in [6.07, 6.45) is 0. The molecule has 0 aliphatic carbocycles. The number of hydrogen-bond donors (Lipinski definition) is 3. The standard InChI is InChI=1S/C32H23IN2O4S/c33-22-12-14-23(15-13-22)35-31(37)29(21-6-2-1-3-7-21)40-25-18-16-24(17-19-25)34-30(36)26-10-4-8-20-9-5-11-27(28(20)26)32(38)39/h1-19,29H,(H,34,36)(H,35,37)(H,38,39). The number of amides is 2. The second kappa shape index (κ2) is 12.4. The highest BCUT2D eigenvalue weighted by Gasteiger charge is 2.22. The Morgan fingerprint density at radius 3 is 1.93 bits per heavy atom. The molecule has 6 nitrogen and oxygen atoms in total. The lowest BCUT2D eigenvalue weighted by molar-refractivity contribution is -0.115. The van der Waals surface area contributed by atoms with Gasteiger partial charge in [0.15, 0.2) is 0 Å². The largest absolute Gasteiger partial charge is 0.478 e. The van der Waals surface area contributed by atoms with Crippen LogP contribution in [-0.2, 0) is 4.79 Å². The number of hydrogen-bond acceptors (Lipinski definition) is 4. The monoisotopic (exact) mass is 658 g/mol. The Morgan fingerprint density at radius 1 is 0.675 bits per heavy atom. The third kappa shape index (κ3) is 6.35. The summed E-state index contributed by atoms with van der Waals surface area (Å²) in [6, 6.07) is 34.5. The van der Waals surface area contributed by atoms with Crippen LogP contribution in [0.5, 0.6) is 0 Å². The van der Waals surface area contributed by atoms with Crippen molar-refractivity contribution in [3.63, 3.8) is 0 Å². The molecule has 3 N–H and O–H groups in total. The van der Waals surface area contributed by atoms with Crippen molar-refractivity contribution >= 4 is 74.3 Å². The van der Waals surface area contributed by atoms with Gasteiger partial charge in [0.05, 0.1) is 5.56 Å². The van der Waals surface area contributed by atoms with Gasteiger partial charge < -0.3 is 15.7 Å². The number of halogens is 1. The van der Waals surface area contributed by atoms with Gasteiger partial charge in [-0.2, -0.15) is 0 Å². The van der Waals surface area contributed by atoms with Crippen molar-refractivity contribution in [2.75, 3.05) is 10.6 Å². The van der Waals surface area contributed by atoms with Gasteiger partial charge in [0.2, 0.25) is 5.91 Å². The van der Waals surface area contributed by atoms with E-state index in [9.17, 15) is 19.5 Å². The van der Waals surface area contributed by atoms with E-state index in [1.54, 1.807) is 42.5 Å². The molecule has 1 atom stereocenters. The summed E-state index contributed by atoms with van der Waals surface area (Å²) >= 11 is 3.63. The van der Waals surface area contributed by atoms with Crippen LogP contribution in [0, 0.1) is 3.57 Å². The van der Waals surface area contributed by atoms with Gasteiger partial charge in [-0.15, -0.1) is 11.8 Å². The van der Waals surface area contributed by atoms with Crippen LogP contribution in [-0.4, -0.2) is 22.9 Å². The average molecular weight is 659 g/mol. The number of anilines is 2. The molecule has 0 saturated carbocycles. The van der Waals surface area contributed by atoms with Crippen LogP contribution in [0.2, 0.25) is 0 Å². The molecule has 8 heteroatoms. The van der Waals surface area contributed by atoms with E-state index < -0.39 is 17.1 Å². The molecule has 0 fully saturated rings. The van der Waals surface area contributed by atoms with Crippen LogP contribution >= 0.6 is 34.4 Å². The number of carboxylic acids is 1. The molecule has 0 aromatic heterocycles. The maximum absolute atomic E-state index is 13.3. The number of benzene rings is 5. The Labute approximate surface area is 249 Å². The minimum atomic E-state index is -1.09. The summed E-state index contributed by atoms with van der Waals surface area (Å²) in [5.74, 6) is -1.63. The molecule has 0 radical (unpaired) electrons. The van der Waals surface area contributed by atoms with E-state index in [-0.39, 0.29) is 17.0 Å². The highest BCUT2D eigenvalue weighted by molar-refractivity contribution is 14.1. The van der Waals surface area contributed by atoms with E-state index in [2.05, 4.69) is 33.2 Å². The number of rotatable bonds is 8. The number of nitrogens with one attached hydrogen (secondary N) is 2. The molecule has 5 aromatic carbocycles. The third-order valence-electron chi connectivity index (χ3n) is 6.20. The van der Waals surface area contributed by atoms with Crippen LogP contribution in [0.4, 0.5) is 11.4 Å². The van der Waals surface area contributed by atoms with Crippen LogP contribution in [0.25, 0.3) is 10.8 Å². The first-order valence-electron chi connectivity index (χ1n) is 12.3. The number of aromatic carboxylic acids is 1. The molecule has 1 unspecified atom stereocenters. The zero-order chi connectivity index (χ0) is 28.1. The SMILES string of the molecule is O=C(O)c1cccc2cccc(C(=O)Nc3ccc(SC(C(=O)Nc4ccc(I)cc4)c4ccccc4)cc3)c12. The maximum atomic E-state index is 13.3. The molecule has 0 saturated heterocycles. The molecule has 40 heavy (non-hydrogen) atoms. The second-order valence-corrected chi connectivity index (χ2v) is 11.3. The fourth-order valence-electron chi connectivity index (χ4n) is 4.30. The molecule has 0 aliphatic heterocycles. The predicted molar refractivity (Wildman–Crippen MR) is 168 cm³/mol. The first-order chi connectivity index (χ1) is 19.4. The molecular formula is C32H23IN2O4S. The number of carboxylic acid groups (broad SMARTS) is 1. The van der Waals surface area contributed by atoms with Gasteiger partial charge in [0.25, 0.3) is 5.91 Å². The highest BCUT2D eigenvalue weighted by atomic mass is 127. The summed E-state index contributed by atoms with van der Waals surface area (Å²) in [5, 5.41) is 16.1. The van der Waals surface area contributed by atoms with E-state index in [1.807, 2.05) is 66.7 Å². The van der Waals surface area contributed by atoms with Crippen molar-refractivity contribution < 1.29 is 19.5 Å².